The average Bonchev–Trinajstić information content (AvgIpc) is 2.80. The fourth-order valence-corrected chi connectivity index (χ4v) is 3.06. The summed E-state index contributed by atoms with van der Waals surface area (Å²) in [6.07, 6.45) is -0.132. The molecule has 2 heterocycles. The van der Waals surface area contributed by atoms with Crippen molar-refractivity contribution in [3.05, 3.63) is 45.3 Å². The number of carbonyl (C=O) groups is 3. The molecular weight excluding hydrogens is 364 g/mol. The third kappa shape index (κ3) is 3.76. The highest BCUT2D eigenvalue weighted by atomic mass is 16.5. The molecule has 3 amide bonds. The molecule has 1 N–H and O–H groups in total. The number of nitrogens with zero attached hydrogens (tertiary/aromatic N) is 1. The third-order valence-corrected chi connectivity index (χ3v) is 4.82. The molecule has 0 radical (unpaired) electrons. The van der Waals surface area contributed by atoms with E-state index < -0.39 is 23.2 Å². The Morgan fingerprint density at radius 2 is 1.82 bits per heavy atom. The van der Waals surface area contributed by atoms with Gasteiger partial charge in [-0.05, 0) is 51.0 Å². The molecule has 1 saturated heterocycles. The predicted octanol–water partition coefficient (Wildman–Crippen LogP) is 2.17. The lowest BCUT2D eigenvalue weighted by Crippen LogP contribution is -2.40. The topological polar surface area (TPSA) is 106 Å². The zero-order chi connectivity index (χ0) is 20.6. The zero-order valence-electron chi connectivity index (χ0n) is 16.3. The summed E-state index contributed by atoms with van der Waals surface area (Å²) in [4.78, 5) is 48.8. The van der Waals surface area contributed by atoms with Crippen molar-refractivity contribution in [1.29, 1.82) is 0 Å². The molecule has 0 bridgehead atoms. The number of amides is 3. The molecule has 0 atom stereocenters. The summed E-state index contributed by atoms with van der Waals surface area (Å²) in [5.74, 6) is -0.960. The summed E-state index contributed by atoms with van der Waals surface area (Å²) in [6.45, 7) is 6.88. The van der Waals surface area contributed by atoms with Crippen molar-refractivity contribution in [1.82, 2.24) is 10.2 Å². The molecule has 1 aliphatic rings. The van der Waals surface area contributed by atoms with E-state index in [-0.39, 0.29) is 25.5 Å². The molecular formula is C20H22N2O6. The highest BCUT2D eigenvalue weighted by Crippen LogP contribution is 2.22. The molecule has 1 aromatic carbocycles. The number of carbonyl (C=O) groups excluding carboxylic acids is 3. The quantitative estimate of drug-likeness (QED) is 0.480. The molecule has 1 aliphatic heterocycles. The smallest absolute Gasteiger partial charge is 0.336 e. The van der Waals surface area contributed by atoms with Gasteiger partial charge in [0.05, 0.1) is 6.42 Å². The van der Waals surface area contributed by atoms with Gasteiger partial charge < -0.3 is 14.5 Å². The zero-order valence-corrected chi connectivity index (χ0v) is 16.3. The summed E-state index contributed by atoms with van der Waals surface area (Å²) >= 11 is 0. The normalized spacial score (nSPS) is 15.8. The van der Waals surface area contributed by atoms with E-state index in [0.29, 0.717) is 16.5 Å². The maximum atomic E-state index is 12.1. The van der Waals surface area contributed by atoms with Crippen LogP contribution in [-0.2, 0) is 20.9 Å². The van der Waals surface area contributed by atoms with E-state index in [0.717, 1.165) is 16.0 Å². The van der Waals surface area contributed by atoms with Crippen LogP contribution in [0, 0.1) is 13.8 Å². The highest BCUT2D eigenvalue weighted by molar-refractivity contribution is 6.06. The van der Waals surface area contributed by atoms with Gasteiger partial charge in [-0.25, -0.2) is 9.59 Å². The molecule has 148 valence electrons. The number of imide groups is 1. The van der Waals surface area contributed by atoms with Crippen LogP contribution in [0.25, 0.3) is 11.0 Å². The van der Waals surface area contributed by atoms with Gasteiger partial charge in [-0.2, -0.15) is 0 Å². The van der Waals surface area contributed by atoms with E-state index in [1.807, 2.05) is 19.9 Å². The lowest BCUT2D eigenvalue weighted by Gasteiger charge is -2.15. The molecule has 0 spiro atoms. The Labute approximate surface area is 161 Å². The Bertz CT molecular complexity index is 1040. The second kappa shape index (κ2) is 7.10. The molecule has 0 aliphatic carbocycles. The second-order valence-corrected chi connectivity index (χ2v) is 7.45. The lowest BCUT2D eigenvalue weighted by molar-refractivity contribution is -0.145. The predicted molar refractivity (Wildman–Crippen MR) is 101 cm³/mol. The molecule has 3 rings (SSSR count). The van der Waals surface area contributed by atoms with Crippen LogP contribution in [0.3, 0.4) is 0 Å². The summed E-state index contributed by atoms with van der Waals surface area (Å²) in [7, 11) is 0. The number of ether oxygens (including phenoxy) is 1. The summed E-state index contributed by atoms with van der Waals surface area (Å²) in [6, 6.07) is 4.42. The molecule has 1 aromatic heterocycles. The van der Waals surface area contributed by atoms with Gasteiger partial charge in [0.2, 0.25) is 0 Å². The number of aryl methyl sites for hydroxylation is 2. The van der Waals surface area contributed by atoms with E-state index in [4.69, 9.17) is 9.15 Å². The number of nitrogens with one attached hydrogen (secondary N) is 1. The SMILES string of the molecule is Cc1cc2oc(=O)cc(COC(=O)CCN3C(=O)NC(C)(C)C3=O)c2cc1C. The first-order valence-corrected chi connectivity index (χ1v) is 8.92. The van der Waals surface area contributed by atoms with Crippen LogP contribution >= 0.6 is 0 Å². The first-order chi connectivity index (χ1) is 13.1. The Morgan fingerprint density at radius 1 is 1.14 bits per heavy atom. The molecule has 0 saturated carbocycles. The summed E-state index contributed by atoms with van der Waals surface area (Å²) in [5.41, 5.74) is 1.48. The second-order valence-electron chi connectivity index (χ2n) is 7.45. The van der Waals surface area contributed by atoms with Crippen molar-refractivity contribution in [3.8, 4) is 0 Å². The van der Waals surface area contributed by atoms with Crippen molar-refractivity contribution in [2.75, 3.05) is 6.54 Å². The maximum absolute atomic E-state index is 12.1. The number of hydrogen-bond acceptors (Lipinski definition) is 6. The van der Waals surface area contributed by atoms with Crippen LogP contribution in [0.15, 0.2) is 27.4 Å². The molecule has 1 fully saturated rings. The molecule has 2 aromatic rings. The Kier molecular flexibility index (Phi) is 4.97. The van der Waals surface area contributed by atoms with E-state index in [2.05, 4.69) is 5.32 Å². The van der Waals surface area contributed by atoms with Gasteiger partial charge in [-0.3, -0.25) is 14.5 Å². The van der Waals surface area contributed by atoms with Gasteiger partial charge in [0.15, 0.2) is 0 Å². The van der Waals surface area contributed by atoms with E-state index >= 15 is 0 Å². The number of esters is 1. The van der Waals surface area contributed by atoms with E-state index in [1.54, 1.807) is 19.9 Å². The molecule has 28 heavy (non-hydrogen) atoms. The van der Waals surface area contributed by atoms with Gasteiger partial charge in [0.25, 0.3) is 5.91 Å². The molecule has 8 heteroatoms. The van der Waals surface area contributed by atoms with Crippen LogP contribution in [0.2, 0.25) is 0 Å². The number of fused-ring (bicyclic) bond motifs is 1. The average molecular weight is 386 g/mol. The van der Waals surface area contributed by atoms with Crippen molar-refractivity contribution in [2.24, 2.45) is 0 Å². The van der Waals surface area contributed by atoms with E-state index in [1.165, 1.54) is 6.07 Å². The first-order valence-electron chi connectivity index (χ1n) is 8.92. The van der Waals surface area contributed by atoms with Gasteiger partial charge in [0, 0.05) is 23.6 Å². The number of hydrogen-bond donors (Lipinski definition) is 1. The van der Waals surface area contributed by atoms with Crippen LogP contribution < -0.4 is 10.9 Å². The minimum absolute atomic E-state index is 0.0666. The van der Waals surface area contributed by atoms with E-state index in [9.17, 15) is 19.2 Å². The fraction of sp³-hybridized carbons (Fsp3) is 0.400. The Balaban J connectivity index is 1.67. The van der Waals surface area contributed by atoms with Crippen LogP contribution in [0.4, 0.5) is 4.79 Å². The van der Waals surface area contributed by atoms with Crippen LogP contribution in [0.5, 0.6) is 0 Å². The van der Waals surface area contributed by atoms with Crippen molar-refractivity contribution in [3.63, 3.8) is 0 Å². The fourth-order valence-electron chi connectivity index (χ4n) is 3.06. The van der Waals surface area contributed by atoms with Gasteiger partial charge in [-0.15, -0.1) is 0 Å². The minimum Gasteiger partial charge on any atom is -0.461 e. The van der Waals surface area contributed by atoms with Crippen LogP contribution in [0.1, 0.15) is 37.0 Å². The number of rotatable bonds is 5. The number of urea groups is 1. The highest BCUT2D eigenvalue weighted by Gasteiger charge is 2.44. The van der Waals surface area contributed by atoms with Crippen molar-refractivity contribution >= 4 is 28.9 Å². The minimum atomic E-state index is -0.978. The van der Waals surface area contributed by atoms with Gasteiger partial charge >= 0.3 is 17.6 Å². The first kappa shape index (κ1) is 19.6. The standard InChI is InChI=1S/C20H22N2O6/c1-11-7-14-13(9-17(24)28-15(14)8-12(11)2)10-27-16(23)5-6-22-18(25)20(3,4)21-19(22)26/h7-9H,5-6,10H2,1-4H3,(H,21,26). The van der Waals surface area contributed by atoms with Crippen molar-refractivity contribution in [2.45, 2.75) is 46.3 Å². The Morgan fingerprint density at radius 3 is 2.46 bits per heavy atom. The largest absolute Gasteiger partial charge is 0.461 e. The van der Waals surface area contributed by atoms with Gasteiger partial charge in [0.1, 0.15) is 17.7 Å². The Hall–Kier alpha value is -3.16. The van der Waals surface area contributed by atoms with Gasteiger partial charge in [-0.1, -0.05) is 0 Å². The molecule has 0 unspecified atom stereocenters. The third-order valence-electron chi connectivity index (χ3n) is 4.82. The van der Waals surface area contributed by atoms with Crippen molar-refractivity contribution < 1.29 is 23.5 Å². The lowest BCUT2D eigenvalue weighted by atomic mass is 10.0. The maximum Gasteiger partial charge on any atom is 0.336 e. The summed E-state index contributed by atoms with van der Waals surface area (Å²) in [5, 5.41) is 3.25. The summed E-state index contributed by atoms with van der Waals surface area (Å²) < 4.78 is 10.5. The van der Waals surface area contributed by atoms with Crippen LogP contribution in [-0.4, -0.2) is 34.9 Å². The number of benzene rings is 1. The monoisotopic (exact) mass is 386 g/mol. The molecule has 8 nitrogen and oxygen atoms in total.